The van der Waals surface area contributed by atoms with Gasteiger partial charge in [-0.1, -0.05) is 91.0 Å². The quantitative estimate of drug-likeness (QED) is 0.276. The van der Waals surface area contributed by atoms with E-state index >= 15 is 0 Å². The fourth-order valence-corrected chi connectivity index (χ4v) is 4.81. The van der Waals surface area contributed by atoms with Crippen molar-refractivity contribution >= 4 is 55.2 Å². The summed E-state index contributed by atoms with van der Waals surface area (Å²) in [5, 5.41) is 9.48. The van der Waals surface area contributed by atoms with Crippen LogP contribution in [0.25, 0.3) is 32.3 Å². The van der Waals surface area contributed by atoms with Crippen LogP contribution < -0.4 is 10.4 Å². The Bertz CT molecular complexity index is 1620. The van der Waals surface area contributed by atoms with Crippen LogP contribution >= 0.6 is 0 Å². The highest BCUT2D eigenvalue weighted by Gasteiger charge is 2.26. The first-order valence-corrected chi connectivity index (χ1v) is 10.8. The second-order valence-electron chi connectivity index (χ2n) is 8.15. The van der Waals surface area contributed by atoms with Gasteiger partial charge in [0.1, 0.15) is 0 Å². The van der Waals surface area contributed by atoms with Crippen molar-refractivity contribution in [1.82, 2.24) is 5.43 Å². The van der Waals surface area contributed by atoms with E-state index in [1.165, 1.54) is 26.9 Å². The molecule has 1 heterocycles. The van der Waals surface area contributed by atoms with Gasteiger partial charge in [0.05, 0.1) is 17.1 Å². The molecule has 1 aliphatic rings. The molecule has 0 aromatic heterocycles. The predicted octanol–water partition coefficient (Wildman–Crippen LogP) is 7.33. The molecule has 0 bridgehead atoms. The van der Waals surface area contributed by atoms with Crippen molar-refractivity contribution in [1.29, 1.82) is 0 Å². The summed E-state index contributed by atoms with van der Waals surface area (Å²) in [5.41, 5.74) is 8.97. The van der Waals surface area contributed by atoms with Gasteiger partial charge in [0.15, 0.2) is 5.84 Å². The third kappa shape index (κ3) is 2.45. The van der Waals surface area contributed by atoms with Crippen LogP contribution in [0.5, 0.6) is 0 Å². The van der Waals surface area contributed by atoms with Crippen molar-refractivity contribution in [3.05, 3.63) is 115 Å². The Kier molecular flexibility index (Phi) is 3.55. The monoisotopic (exact) mass is 408 g/mol. The molecular formula is C29H18N3. The van der Waals surface area contributed by atoms with E-state index in [1.54, 1.807) is 0 Å². The van der Waals surface area contributed by atoms with Crippen molar-refractivity contribution in [2.24, 2.45) is 4.99 Å². The summed E-state index contributed by atoms with van der Waals surface area (Å²) in [6, 6.07) is 38.1. The molecule has 0 saturated heterocycles. The number of nitrogens with zero attached hydrogens (tertiary/aromatic N) is 3. The number of hydrogen-bond acceptors (Lipinski definition) is 2. The van der Waals surface area contributed by atoms with E-state index in [2.05, 4.69) is 72.8 Å². The maximum atomic E-state index is 5.11. The van der Waals surface area contributed by atoms with Crippen LogP contribution in [-0.2, 0) is 0 Å². The van der Waals surface area contributed by atoms with Gasteiger partial charge in [-0.3, -0.25) is 0 Å². The first-order chi connectivity index (χ1) is 15.9. The smallest absolute Gasteiger partial charge is 0.180 e. The Morgan fingerprint density at radius 3 is 2.03 bits per heavy atom. The van der Waals surface area contributed by atoms with E-state index < -0.39 is 0 Å². The summed E-state index contributed by atoms with van der Waals surface area (Å²) in [7, 11) is 0. The number of amidine groups is 1. The van der Waals surface area contributed by atoms with Crippen molar-refractivity contribution in [3.63, 3.8) is 0 Å². The summed E-state index contributed by atoms with van der Waals surface area (Å²) in [6.07, 6.45) is 0. The van der Waals surface area contributed by atoms with Crippen molar-refractivity contribution < 1.29 is 0 Å². The lowest BCUT2D eigenvalue weighted by Gasteiger charge is -2.30. The van der Waals surface area contributed by atoms with E-state index in [9.17, 15) is 0 Å². The van der Waals surface area contributed by atoms with Gasteiger partial charge in [0.25, 0.3) is 0 Å². The summed E-state index contributed by atoms with van der Waals surface area (Å²) in [4.78, 5) is 5.11. The molecule has 0 fully saturated rings. The van der Waals surface area contributed by atoms with Crippen LogP contribution in [0.4, 0.5) is 17.1 Å². The molecule has 0 amide bonds. The average Bonchev–Trinajstić information content (AvgIpc) is 2.87. The first-order valence-electron chi connectivity index (χ1n) is 10.8. The third-order valence-corrected chi connectivity index (χ3v) is 6.27. The number of fused-ring (bicyclic) bond motifs is 2. The van der Waals surface area contributed by atoms with Crippen molar-refractivity contribution in [3.8, 4) is 0 Å². The Labute approximate surface area is 185 Å². The second-order valence-corrected chi connectivity index (χ2v) is 8.15. The summed E-state index contributed by atoms with van der Waals surface area (Å²) in [6.45, 7) is 0. The zero-order valence-corrected chi connectivity index (χ0v) is 17.2. The van der Waals surface area contributed by atoms with E-state index in [4.69, 9.17) is 10.4 Å². The summed E-state index contributed by atoms with van der Waals surface area (Å²) >= 11 is 0. The van der Waals surface area contributed by atoms with Crippen LogP contribution in [0.15, 0.2) is 114 Å². The summed E-state index contributed by atoms with van der Waals surface area (Å²) in [5.74, 6) is 0.719. The SMILES string of the molecule is c1ccc(C2=Nc3c(cc4ccc5cccc6ccc3c4c56)N(c3ccccc3)[N]2)cc1. The first kappa shape index (κ1) is 17.3. The molecule has 32 heavy (non-hydrogen) atoms. The van der Waals surface area contributed by atoms with Gasteiger partial charge >= 0.3 is 0 Å². The molecule has 7 rings (SSSR count). The predicted molar refractivity (Wildman–Crippen MR) is 133 cm³/mol. The van der Waals surface area contributed by atoms with Gasteiger partial charge in [0.2, 0.25) is 0 Å². The molecule has 0 spiro atoms. The van der Waals surface area contributed by atoms with Gasteiger partial charge in [-0.2, -0.15) is 0 Å². The minimum Gasteiger partial charge on any atom is -0.229 e. The van der Waals surface area contributed by atoms with Gasteiger partial charge in [0, 0.05) is 10.9 Å². The molecule has 0 unspecified atom stereocenters. The molecule has 149 valence electrons. The number of para-hydroxylation sites is 1. The molecule has 3 heteroatoms. The van der Waals surface area contributed by atoms with Crippen LogP contribution in [0.2, 0.25) is 0 Å². The van der Waals surface area contributed by atoms with Crippen LogP contribution in [0.3, 0.4) is 0 Å². The molecule has 0 N–H and O–H groups in total. The maximum absolute atomic E-state index is 5.11. The molecule has 0 aliphatic carbocycles. The third-order valence-electron chi connectivity index (χ3n) is 6.27. The molecule has 6 aromatic rings. The van der Waals surface area contributed by atoms with Gasteiger partial charge in [-0.05, 0) is 45.1 Å². The minimum atomic E-state index is 0.719. The minimum absolute atomic E-state index is 0.719. The molecule has 1 radical (unpaired) electrons. The Morgan fingerprint density at radius 1 is 0.562 bits per heavy atom. The second kappa shape index (κ2) is 6.56. The zero-order chi connectivity index (χ0) is 21.1. The average molecular weight is 408 g/mol. The standard InChI is InChI=1S/C29H18N3/c1-3-8-21(9-4-1)29-30-28-24-17-16-20-11-7-10-19-14-15-22(27(24)26(19)20)18-25(28)32(31-29)23-12-5-2-6-13-23/h1-18H. The van der Waals surface area contributed by atoms with E-state index in [1.807, 2.05) is 41.4 Å². The van der Waals surface area contributed by atoms with Crippen molar-refractivity contribution in [2.75, 3.05) is 5.01 Å². The Morgan fingerprint density at radius 2 is 1.25 bits per heavy atom. The Balaban J connectivity index is 1.60. The largest absolute Gasteiger partial charge is 0.229 e. The normalized spacial score (nSPS) is 13.4. The molecular weight excluding hydrogens is 390 g/mol. The number of anilines is 2. The van der Waals surface area contributed by atoms with E-state index in [0.717, 1.165) is 33.8 Å². The zero-order valence-electron chi connectivity index (χ0n) is 17.2. The van der Waals surface area contributed by atoms with Crippen molar-refractivity contribution in [2.45, 2.75) is 0 Å². The molecule has 1 aliphatic heterocycles. The fraction of sp³-hybridized carbons (Fsp3) is 0. The highest BCUT2D eigenvalue weighted by atomic mass is 15.5. The highest BCUT2D eigenvalue weighted by Crippen LogP contribution is 2.47. The van der Waals surface area contributed by atoms with Crippen LogP contribution in [0, 0.1) is 0 Å². The van der Waals surface area contributed by atoms with E-state index in [0.29, 0.717) is 0 Å². The van der Waals surface area contributed by atoms with Crippen LogP contribution in [0.1, 0.15) is 5.56 Å². The van der Waals surface area contributed by atoms with Gasteiger partial charge < -0.3 is 0 Å². The topological polar surface area (TPSA) is 29.7 Å². The number of hydrogen-bond donors (Lipinski definition) is 0. The molecule has 0 saturated carbocycles. The number of aliphatic imine (C=N–C) groups is 1. The Hall–Kier alpha value is -4.37. The van der Waals surface area contributed by atoms with Gasteiger partial charge in [-0.15, -0.1) is 5.43 Å². The number of rotatable bonds is 2. The fourth-order valence-electron chi connectivity index (χ4n) is 4.81. The van der Waals surface area contributed by atoms with Gasteiger partial charge in [-0.25, -0.2) is 10.0 Å². The molecule has 3 nitrogen and oxygen atoms in total. The molecule has 0 atom stereocenters. The van der Waals surface area contributed by atoms with E-state index in [-0.39, 0.29) is 0 Å². The molecule has 6 aromatic carbocycles. The lowest BCUT2D eigenvalue weighted by atomic mass is 9.92. The summed E-state index contributed by atoms with van der Waals surface area (Å²) < 4.78 is 0. The number of benzene rings is 6. The lowest BCUT2D eigenvalue weighted by Crippen LogP contribution is -2.35. The maximum Gasteiger partial charge on any atom is 0.180 e. The van der Waals surface area contributed by atoms with Crippen LogP contribution in [-0.4, -0.2) is 5.84 Å². The highest BCUT2D eigenvalue weighted by molar-refractivity contribution is 6.27. The lowest BCUT2D eigenvalue weighted by molar-refractivity contribution is 0.901.